The fourth-order valence-electron chi connectivity index (χ4n) is 2.61. The van der Waals surface area contributed by atoms with Crippen LogP contribution >= 0.6 is 11.3 Å². The third-order valence-corrected chi connectivity index (χ3v) is 6.41. The minimum Gasteiger partial charge on any atom is -0.365 e. The summed E-state index contributed by atoms with van der Waals surface area (Å²) in [6.07, 6.45) is 4.09. The van der Waals surface area contributed by atoms with Gasteiger partial charge < -0.3 is 5.73 Å². The molecule has 2 rings (SSSR count). The van der Waals surface area contributed by atoms with E-state index in [9.17, 15) is 13.2 Å². The number of amides is 1. The summed E-state index contributed by atoms with van der Waals surface area (Å²) in [5, 5.41) is 0.401. The highest BCUT2D eigenvalue weighted by Gasteiger charge is 2.28. The number of rotatable bonds is 6. The molecule has 1 aromatic rings. The van der Waals surface area contributed by atoms with Crippen molar-refractivity contribution in [2.75, 3.05) is 10.5 Å². The quantitative estimate of drug-likeness (QED) is 0.840. The predicted molar refractivity (Wildman–Crippen MR) is 86.3 cm³/mol. The zero-order chi connectivity index (χ0) is 15.6. The number of anilines is 1. The molecule has 5 nitrogen and oxygen atoms in total. The Bertz CT molecular complexity index is 635. The average molecular weight is 330 g/mol. The van der Waals surface area contributed by atoms with E-state index < -0.39 is 15.9 Å². The van der Waals surface area contributed by atoms with Crippen LogP contribution < -0.4 is 10.5 Å². The number of hydrogen-bond acceptors (Lipinski definition) is 4. The van der Waals surface area contributed by atoms with Gasteiger partial charge in [0.25, 0.3) is 5.91 Å². The smallest absolute Gasteiger partial charge is 0.252 e. The van der Waals surface area contributed by atoms with Gasteiger partial charge in [0.2, 0.25) is 10.0 Å². The van der Waals surface area contributed by atoms with Crippen molar-refractivity contribution in [3.8, 4) is 0 Å². The zero-order valence-electron chi connectivity index (χ0n) is 12.4. The third-order valence-electron chi connectivity index (χ3n) is 3.77. The second-order valence-corrected chi connectivity index (χ2v) is 8.64. The van der Waals surface area contributed by atoms with E-state index >= 15 is 0 Å². The molecule has 0 saturated heterocycles. The first kappa shape index (κ1) is 16.3. The van der Waals surface area contributed by atoms with Crippen molar-refractivity contribution < 1.29 is 13.2 Å². The number of unbranched alkanes of at least 4 members (excludes halogenated alkanes) is 1. The summed E-state index contributed by atoms with van der Waals surface area (Å²) < 4.78 is 26.7. The van der Waals surface area contributed by atoms with Gasteiger partial charge in [-0.2, -0.15) is 0 Å². The van der Waals surface area contributed by atoms with Crippen molar-refractivity contribution in [2.24, 2.45) is 11.7 Å². The van der Waals surface area contributed by atoms with E-state index in [0.717, 1.165) is 36.1 Å². The Morgan fingerprint density at radius 1 is 1.48 bits per heavy atom. The third kappa shape index (κ3) is 3.77. The van der Waals surface area contributed by atoms with Gasteiger partial charge in [0, 0.05) is 4.88 Å². The summed E-state index contributed by atoms with van der Waals surface area (Å²) in [4.78, 5) is 12.8. The van der Waals surface area contributed by atoms with Crippen LogP contribution in [0.25, 0.3) is 0 Å². The Balaban J connectivity index is 2.33. The van der Waals surface area contributed by atoms with Gasteiger partial charge in [-0.05, 0) is 37.2 Å². The lowest BCUT2D eigenvalue weighted by molar-refractivity contribution is 0.100. The molecule has 1 aliphatic rings. The number of primary amides is 1. The van der Waals surface area contributed by atoms with E-state index in [0.29, 0.717) is 22.9 Å². The first-order chi connectivity index (χ1) is 9.84. The molecular weight excluding hydrogens is 308 g/mol. The number of nitrogens with two attached hydrogens (primary N) is 1. The van der Waals surface area contributed by atoms with E-state index in [2.05, 4.69) is 11.6 Å². The lowest BCUT2D eigenvalue weighted by atomic mass is 9.88. The van der Waals surface area contributed by atoms with Crippen LogP contribution in [0.3, 0.4) is 0 Å². The first-order valence-electron chi connectivity index (χ1n) is 7.29. The van der Waals surface area contributed by atoms with Gasteiger partial charge in [-0.1, -0.05) is 20.3 Å². The number of thiophene rings is 1. The van der Waals surface area contributed by atoms with Gasteiger partial charge in [0.1, 0.15) is 5.00 Å². The topological polar surface area (TPSA) is 89.3 Å². The monoisotopic (exact) mass is 330 g/mol. The molecule has 0 saturated carbocycles. The molecule has 0 aromatic carbocycles. The molecule has 21 heavy (non-hydrogen) atoms. The lowest BCUT2D eigenvalue weighted by Gasteiger charge is -2.18. The molecule has 0 radical (unpaired) electrons. The van der Waals surface area contributed by atoms with Crippen molar-refractivity contribution in [2.45, 2.75) is 46.0 Å². The van der Waals surface area contributed by atoms with E-state index in [1.807, 2.05) is 6.92 Å². The number of carbonyl (C=O) groups excluding carboxylic acids is 1. The summed E-state index contributed by atoms with van der Waals surface area (Å²) in [5.74, 6) is 0.0809. The molecule has 0 aliphatic heterocycles. The van der Waals surface area contributed by atoms with Gasteiger partial charge in [-0.25, -0.2) is 8.42 Å². The molecule has 0 spiro atoms. The summed E-state index contributed by atoms with van der Waals surface area (Å²) >= 11 is 1.36. The second-order valence-electron chi connectivity index (χ2n) is 5.69. The van der Waals surface area contributed by atoms with Crippen molar-refractivity contribution in [3.05, 3.63) is 16.0 Å². The standard InChI is InChI=1S/C14H22N2O3S2/c1-3-4-7-21(18,19)16-14-12(13(15)17)10-6-5-9(2)8-11(10)20-14/h9,16H,3-8H2,1-2H3,(H2,15,17). The molecule has 1 heterocycles. The number of fused-ring (bicyclic) bond motifs is 1. The summed E-state index contributed by atoms with van der Waals surface area (Å²) in [5.41, 5.74) is 6.79. The lowest BCUT2D eigenvalue weighted by Crippen LogP contribution is -2.20. The minimum atomic E-state index is -3.41. The van der Waals surface area contributed by atoms with Gasteiger partial charge in [-0.15, -0.1) is 11.3 Å². The molecule has 118 valence electrons. The van der Waals surface area contributed by atoms with Crippen LogP contribution in [0.15, 0.2) is 0 Å². The highest BCUT2D eigenvalue weighted by molar-refractivity contribution is 7.92. The Hall–Kier alpha value is -1.08. The van der Waals surface area contributed by atoms with Crippen LogP contribution in [0.1, 0.15) is 53.9 Å². The Kier molecular flexibility index (Phi) is 4.93. The van der Waals surface area contributed by atoms with Gasteiger partial charge >= 0.3 is 0 Å². The van der Waals surface area contributed by atoms with Crippen molar-refractivity contribution in [1.29, 1.82) is 0 Å². The molecule has 1 atom stereocenters. The van der Waals surface area contributed by atoms with Gasteiger partial charge in [0.05, 0.1) is 11.3 Å². The van der Waals surface area contributed by atoms with Crippen LogP contribution in [-0.2, 0) is 22.9 Å². The fourth-order valence-corrected chi connectivity index (χ4v) is 5.58. The minimum absolute atomic E-state index is 0.0701. The number of hydrogen-bond donors (Lipinski definition) is 2. The van der Waals surface area contributed by atoms with Crippen LogP contribution in [0.4, 0.5) is 5.00 Å². The molecule has 0 fully saturated rings. The molecule has 0 bridgehead atoms. The molecular formula is C14H22N2O3S2. The summed E-state index contributed by atoms with van der Waals surface area (Å²) in [6, 6.07) is 0. The zero-order valence-corrected chi connectivity index (χ0v) is 14.1. The van der Waals surface area contributed by atoms with Crippen molar-refractivity contribution in [1.82, 2.24) is 0 Å². The van der Waals surface area contributed by atoms with Crippen LogP contribution in [0.2, 0.25) is 0 Å². The van der Waals surface area contributed by atoms with E-state index in [4.69, 9.17) is 5.73 Å². The molecule has 1 aromatic heterocycles. The molecule has 1 aliphatic carbocycles. The van der Waals surface area contributed by atoms with Gasteiger partial charge in [-0.3, -0.25) is 9.52 Å². The largest absolute Gasteiger partial charge is 0.365 e. The fraction of sp³-hybridized carbons (Fsp3) is 0.643. The predicted octanol–water partition coefficient (Wildman–Crippen LogP) is 2.51. The first-order valence-corrected chi connectivity index (χ1v) is 9.75. The maximum Gasteiger partial charge on any atom is 0.252 e. The number of carbonyl (C=O) groups is 1. The maximum absolute atomic E-state index is 12.1. The Morgan fingerprint density at radius 2 is 2.19 bits per heavy atom. The summed E-state index contributed by atoms with van der Waals surface area (Å²) in [7, 11) is -3.41. The molecule has 1 amide bonds. The van der Waals surface area contributed by atoms with E-state index in [-0.39, 0.29) is 5.75 Å². The van der Waals surface area contributed by atoms with E-state index in [1.54, 1.807) is 0 Å². The SMILES string of the molecule is CCCCS(=O)(=O)Nc1sc2c(c1C(N)=O)CCC(C)C2. The van der Waals surface area contributed by atoms with Gasteiger partial charge in [0.15, 0.2) is 0 Å². The van der Waals surface area contributed by atoms with E-state index in [1.165, 1.54) is 11.3 Å². The normalized spacial score (nSPS) is 18.3. The summed E-state index contributed by atoms with van der Waals surface area (Å²) in [6.45, 7) is 4.10. The van der Waals surface area contributed by atoms with Crippen molar-refractivity contribution in [3.63, 3.8) is 0 Å². The number of nitrogens with one attached hydrogen (secondary N) is 1. The molecule has 3 N–H and O–H groups in total. The molecule has 7 heteroatoms. The highest BCUT2D eigenvalue weighted by Crippen LogP contribution is 2.39. The van der Waals surface area contributed by atoms with Crippen LogP contribution in [0, 0.1) is 5.92 Å². The Labute approximate surface area is 130 Å². The average Bonchev–Trinajstić information content (AvgIpc) is 2.72. The maximum atomic E-state index is 12.1. The second kappa shape index (κ2) is 6.36. The van der Waals surface area contributed by atoms with Crippen LogP contribution in [0.5, 0.6) is 0 Å². The van der Waals surface area contributed by atoms with Crippen molar-refractivity contribution >= 4 is 32.3 Å². The molecule has 1 unspecified atom stereocenters. The number of sulfonamides is 1. The van der Waals surface area contributed by atoms with Crippen LogP contribution in [-0.4, -0.2) is 20.1 Å². The Morgan fingerprint density at radius 3 is 2.81 bits per heavy atom. The highest BCUT2D eigenvalue weighted by atomic mass is 32.2.